The minimum absolute atomic E-state index is 0.0473. The molecule has 0 aliphatic heterocycles. The summed E-state index contributed by atoms with van der Waals surface area (Å²) in [5.41, 5.74) is -0.0473. The molecule has 1 atom stereocenters. The highest BCUT2D eigenvalue weighted by Gasteiger charge is 2.40. The van der Waals surface area contributed by atoms with E-state index in [4.69, 9.17) is 9.47 Å². The van der Waals surface area contributed by atoms with Gasteiger partial charge in [-0.2, -0.15) is 0 Å². The van der Waals surface area contributed by atoms with Gasteiger partial charge in [-0.25, -0.2) is 8.78 Å². The first-order valence-corrected chi connectivity index (χ1v) is 4.71. The van der Waals surface area contributed by atoms with E-state index in [0.29, 0.717) is 6.07 Å². The lowest BCUT2D eigenvalue weighted by Gasteiger charge is -2.34. The number of ether oxygens (including phenoxy) is 2. The van der Waals surface area contributed by atoms with Gasteiger partial charge in [0.2, 0.25) is 5.79 Å². The molecular weight excluding hydrogens is 218 g/mol. The third-order valence-corrected chi connectivity index (χ3v) is 2.46. The van der Waals surface area contributed by atoms with Crippen LogP contribution in [-0.4, -0.2) is 25.4 Å². The molecule has 1 unspecified atom stereocenters. The number of rotatable bonds is 4. The Labute approximate surface area is 92.6 Å². The van der Waals surface area contributed by atoms with E-state index in [1.54, 1.807) is 0 Å². The monoisotopic (exact) mass is 232 g/mol. The molecule has 3 nitrogen and oxygen atoms in total. The van der Waals surface area contributed by atoms with Gasteiger partial charge in [-0.05, 0) is 19.1 Å². The Morgan fingerprint density at radius 2 is 1.81 bits per heavy atom. The van der Waals surface area contributed by atoms with E-state index in [1.165, 1.54) is 27.2 Å². The lowest BCUT2D eigenvalue weighted by molar-refractivity contribution is -0.266. The predicted molar refractivity (Wildman–Crippen MR) is 53.7 cm³/mol. The van der Waals surface area contributed by atoms with E-state index in [-0.39, 0.29) is 5.56 Å². The molecule has 1 rings (SSSR count). The third kappa shape index (κ3) is 2.07. The first-order valence-electron chi connectivity index (χ1n) is 4.71. The van der Waals surface area contributed by atoms with Crippen LogP contribution in [-0.2, 0) is 15.3 Å². The zero-order valence-corrected chi connectivity index (χ0v) is 9.33. The van der Waals surface area contributed by atoms with Gasteiger partial charge in [0.05, 0.1) is 0 Å². The maximum Gasteiger partial charge on any atom is 0.223 e. The van der Waals surface area contributed by atoms with Gasteiger partial charge >= 0.3 is 0 Å². The summed E-state index contributed by atoms with van der Waals surface area (Å²) in [6.45, 7) is 1.40. The molecular formula is C11H14F2O3. The smallest absolute Gasteiger partial charge is 0.223 e. The second-order valence-corrected chi connectivity index (χ2v) is 3.38. The number of halogens is 2. The Morgan fingerprint density at radius 3 is 2.19 bits per heavy atom. The van der Waals surface area contributed by atoms with Crippen molar-refractivity contribution < 1.29 is 23.4 Å². The minimum atomic E-state index is -1.63. The summed E-state index contributed by atoms with van der Waals surface area (Å²) in [5, 5.41) is 9.60. The Balaban J connectivity index is 3.31. The number of methoxy groups -OCH3 is 2. The molecule has 0 fully saturated rings. The van der Waals surface area contributed by atoms with Gasteiger partial charge in [-0.15, -0.1) is 0 Å². The summed E-state index contributed by atoms with van der Waals surface area (Å²) in [4.78, 5) is 0. The first kappa shape index (κ1) is 13.0. The molecule has 90 valence electrons. The van der Waals surface area contributed by atoms with Crippen molar-refractivity contribution in [2.24, 2.45) is 0 Å². The number of benzene rings is 1. The third-order valence-electron chi connectivity index (χ3n) is 2.46. The van der Waals surface area contributed by atoms with Crippen molar-refractivity contribution in [3.63, 3.8) is 0 Å². The van der Waals surface area contributed by atoms with Crippen LogP contribution in [0.2, 0.25) is 0 Å². The molecule has 0 aromatic heterocycles. The first-order chi connectivity index (χ1) is 7.47. The van der Waals surface area contributed by atoms with E-state index < -0.39 is 23.5 Å². The Bertz CT molecular complexity index is 362. The maximum atomic E-state index is 13.6. The SMILES string of the molecule is COC(OC)(c1ccc(F)cc1F)C(C)O. The quantitative estimate of drug-likeness (QED) is 0.804. The largest absolute Gasteiger partial charge is 0.387 e. The molecule has 0 saturated carbocycles. The second kappa shape index (κ2) is 4.86. The molecule has 16 heavy (non-hydrogen) atoms. The van der Waals surface area contributed by atoms with Gasteiger partial charge in [-0.1, -0.05) is 0 Å². The molecule has 0 spiro atoms. The van der Waals surface area contributed by atoms with E-state index in [0.717, 1.165) is 6.07 Å². The average Bonchev–Trinajstić information content (AvgIpc) is 2.22. The second-order valence-electron chi connectivity index (χ2n) is 3.38. The van der Waals surface area contributed by atoms with Crippen LogP contribution in [0.25, 0.3) is 0 Å². The number of hydrogen-bond acceptors (Lipinski definition) is 3. The van der Waals surface area contributed by atoms with Crippen molar-refractivity contribution in [2.75, 3.05) is 14.2 Å². The van der Waals surface area contributed by atoms with Crippen molar-refractivity contribution in [1.82, 2.24) is 0 Å². The lowest BCUT2D eigenvalue weighted by Crippen LogP contribution is -2.42. The zero-order chi connectivity index (χ0) is 12.3. The van der Waals surface area contributed by atoms with Gasteiger partial charge in [0.1, 0.15) is 17.7 Å². The topological polar surface area (TPSA) is 38.7 Å². The fraction of sp³-hybridized carbons (Fsp3) is 0.455. The zero-order valence-electron chi connectivity index (χ0n) is 9.33. The molecule has 1 N–H and O–H groups in total. The van der Waals surface area contributed by atoms with Crippen molar-refractivity contribution in [2.45, 2.75) is 18.8 Å². The standard InChI is InChI=1S/C11H14F2O3/c1-7(14)11(15-2,16-3)9-5-4-8(12)6-10(9)13/h4-7,14H,1-3H3. The minimum Gasteiger partial charge on any atom is -0.387 e. The average molecular weight is 232 g/mol. The fourth-order valence-electron chi connectivity index (χ4n) is 1.64. The molecule has 0 saturated heterocycles. The molecule has 0 aliphatic carbocycles. The number of aliphatic hydroxyl groups is 1. The molecule has 1 aromatic carbocycles. The van der Waals surface area contributed by atoms with Gasteiger partial charge in [0.15, 0.2) is 0 Å². The van der Waals surface area contributed by atoms with Crippen LogP contribution in [0.5, 0.6) is 0 Å². The van der Waals surface area contributed by atoms with E-state index >= 15 is 0 Å². The predicted octanol–water partition coefficient (Wildman–Crippen LogP) is 1.79. The summed E-state index contributed by atoms with van der Waals surface area (Å²) < 4.78 is 36.4. The van der Waals surface area contributed by atoms with Crippen molar-refractivity contribution in [3.05, 3.63) is 35.4 Å². The van der Waals surface area contributed by atoms with Crippen LogP contribution in [0.3, 0.4) is 0 Å². The lowest BCUT2D eigenvalue weighted by atomic mass is 10.00. The van der Waals surface area contributed by atoms with Crippen LogP contribution in [0.4, 0.5) is 8.78 Å². The van der Waals surface area contributed by atoms with Crippen LogP contribution in [0.1, 0.15) is 12.5 Å². The van der Waals surface area contributed by atoms with E-state index in [2.05, 4.69) is 0 Å². The highest BCUT2D eigenvalue weighted by atomic mass is 19.1. The van der Waals surface area contributed by atoms with Crippen LogP contribution in [0.15, 0.2) is 18.2 Å². The maximum absolute atomic E-state index is 13.6. The number of hydrogen-bond donors (Lipinski definition) is 1. The summed E-state index contributed by atoms with van der Waals surface area (Å²) in [7, 11) is 2.55. The van der Waals surface area contributed by atoms with Crippen LogP contribution >= 0.6 is 0 Å². The van der Waals surface area contributed by atoms with Crippen LogP contribution < -0.4 is 0 Å². The summed E-state index contributed by atoms with van der Waals surface area (Å²) in [6, 6.07) is 2.97. The van der Waals surface area contributed by atoms with Crippen LogP contribution in [0, 0.1) is 11.6 Å². The van der Waals surface area contributed by atoms with Gasteiger partial charge in [0.25, 0.3) is 0 Å². The van der Waals surface area contributed by atoms with Gasteiger partial charge < -0.3 is 14.6 Å². The Hall–Kier alpha value is -1.04. The fourth-order valence-corrected chi connectivity index (χ4v) is 1.64. The molecule has 0 amide bonds. The molecule has 1 aromatic rings. The highest BCUT2D eigenvalue weighted by molar-refractivity contribution is 5.24. The molecule has 5 heteroatoms. The van der Waals surface area contributed by atoms with Crippen molar-refractivity contribution in [1.29, 1.82) is 0 Å². The van der Waals surface area contributed by atoms with Gasteiger partial charge in [-0.3, -0.25) is 0 Å². The van der Waals surface area contributed by atoms with Gasteiger partial charge in [0, 0.05) is 25.8 Å². The van der Waals surface area contributed by atoms with Crippen molar-refractivity contribution >= 4 is 0 Å². The molecule has 0 heterocycles. The summed E-state index contributed by atoms with van der Waals surface area (Å²) >= 11 is 0. The number of aliphatic hydroxyl groups excluding tert-OH is 1. The Kier molecular flexibility index (Phi) is 3.96. The highest BCUT2D eigenvalue weighted by Crippen LogP contribution is 2.32. The Morgan fingerprint density at radius 1 is 1.25 bits per heavy atom. The summed E-state index contributed by atoms with van der Waals surface area (Å²) in [5.74, 6) is -3.16. The van der Waals surface area contributed by atoms with E-state index in [9.17, 15) is 13.9 Å². The van der Waals surface area contributed by atoms with Crippen molar-refractivity contribution in [3.8, 4) is 0 Å². The molecule has 0 aliphatic rings. The van der Waals surface area contributed by atoms with E-state index in [1.807, 2.05) is 0 Å². The molecule has 0 radical (unpaired) electrons. The molecule has 0 bridgehead atoms. The summed E-state index contributed by atoms with van der Waals surface area (Å²) in [6.07, 6.45) is -1.11. The normalized spacial score (nSPS) is 13.9.